The number of fused-ring (bicyclic) bond motifs is 1. The van der Waals surface area contributed by atoms with E-state index in [2.05, 4.69) is 22.8 Å². The number of ether oxygens (including phenoxy) is 3. The van der Waals surface area contributed by atoms with E-state index >= 15 is 0 Å². The Labute approximate surface area is 251 Å². The van der Waals surface area contributed by atoms with Gasteiger partial charge in [-0.15, -0.1) is 0 Å². The van der Waals surface area contributed by atoms with Crippen LogP contribution in [0.15, 0.2) is 102 Å². The zero-order valence-electron chi connectivity index (χ0n) is 23.7. The van der Waals surface area contributed by atoms with Crippen LogP contribution in [0.1, 0.15) is 48.4 Å². The van der Waals surface area contributed by atoms with E-state index in [0.717, 1.165) is 51.5 Å². The molecule has 2 atom stereocenters. The molecule has 214 valence electrons. The molecule has 0 amide bonds. The third-order valence-corrected chi connectivity index (χ3v) is 8.06. The summed E-state index contributed by atoms with van der Waals surface area (Å²) < 4.78 is 17.5. The van der Waals surface area contributed by atoms with Gasteiger partial charge in [0.1, 0.15) is 12.4 Å². The number of anilines is 2. The number of hydrogen-bond donors (Lipinski definition) is 2. The number of ketones is 1. The quantitative estimate of drug-likeness (QED) is 0.218. The van der Waals surface area contributed by atoms with Gasteiger partial charge in [0.25, 0.3) is 0 Å². The standard InChI is InChI=1S/C35H33ClN2O4/c1-3-41-33-20-24(12-17-32(33)42-21-22-8-13-26(36)14-9-22)35-34-30(37-28-6-4-5-7-29(28)38-35)18-25(19-31(34)39)23-10-15-27(40-2)16-11-23/h4-17,20,25,35,37-38H,3,18-19,21H2,1-2H3. The van der Waals surface area contributed by atoms with Crippen molar-refractivity contribution < 1.29 is 19.0 Å². The number of nitrogens with one attached hydrogen (secondary N) is 2. The molecule has 0 fully saturated rings. The first-order valence-corrected chi connectivity index (χ1v) is 14.6. The Hall–Kier alpha value is -4.42. The van der Waals surface area contributed by atoms with Gasteiger partial charge in [-0.25, -0.2) is 0 Å². The van der Waals surface area contributed by atoms with Crippen molar-refractivity contribution in [1.82, 2.24) is 0 Å². The molecular weight excluding hydrogens is 548 g/mol. The van der Waals surface area contributed by atoms with Crippen LogP contribution in [0.25, 0.3) is 0 Å². The molecule has 0 radical (unpaired) electrons. The fraction of sp³-hybridized carbons (Fsp3) is 0.229. The molecule has 0 bridgehead atoms. The number of Topliss-reactive ketones (excluding diaryl/α,β-unsaturated/α-hetero) is 1. The summed E-state index contributed by atoms with van der Waals surface area (Å²) in [5, 5.41) is 7.96. The molecule has 2 aliphatic rings. The highest BCUT2D eigenvalue weighted by molar-refractivity contribution is 6.30. The van der Waals surface area contributed by atoms with Crippen LogP contribution in [0.4, 0.5) is 11.4 Å². The van der Waals surface area contributed by atoms with Gasteiger partial charge in [-0.1, -0.05) is 54.1 Å². The fourth-order valence-electron chi connectivity index (χ4n) is 5.69. The van der Waals surface area contributed by atoms with Crippen molar-refractivity contribution in [2.45, 2.75) is 38.3 Å². The molecule has 1 aliphatic carbocycles. The predicted molar refractivity (Wildman–Crippen MR) is 167 cm³/mol. The smallest absolute Gasteiger partial charge is 0.163 e. The first kappa shape index (κ1) is 27.7. The molecule has 7 heteroatoms. The topological polar surface area (TPSA) is 68.8 Å². The third kappa shape index (κ3) is 5.81. The number of rotatable bonds is 8. The highest BCUT2D eigenvalue weighted by Gasteiger charge is 2.36. The van der Waals surface area contributed by atoms with Gasteiger partial charge in [0, 0.05) is 22.7 Å². The van der Waals surface area contributed by atoms with Gasteiger partial charge in [-0.3, -0.25) is 4.79 Å². The molecule has 2 N–H and O–H groups in total. The van der Waals surface area contributed by atoms with E-state index in [-0.39, 0.29) is 17.7 Å². The molecule has 2 unspecified atom stereocenters. The Morgan fingerprint density at radius 2 is 1.57 bits per heavy atom. The summed E-state index contributed by atoms with van der Waals surface area (Å²) in [6, 6.07) is 29.2. The van der Waals surface area contributed by atoms with Crippen LogP contribution in [0.3, 0.4) is 0 Å². The van der Waals surface area contributed by atoms with Crippen molar-refractivity contribution in [1.29, 1.82) is 0 Å². The van der Waals surface area contributed by atoms with Gasteiger partial charge in [0.05, 0.1) is 31.1 Å². The molecule has 4 aromatic rings. The number of carbonyl (C=O) groups is 1. The lowest BCUT2D eigenvalue weighted by molar-refractivity contribution is -0.116. The molecule has 0 aromatic heterocycles. The maximum atomic E-state index is 14.0. The summed E-state index contributed by atoms with van der Waals surface area (Å²) in [6.07, 6.45) is 1.16. The first-order chi connectivity index (χ1) is 20.5. The molecule has 0 saturated heterocycles. The van der Waals surface area contributed by atoms with E-state index in [4.69, 9.17) is 25.8 Å². The SMILES string of the molecule is CCOc1cc(C2Nc3ccccc3NC3=C2C(=O)CC(c2ccc(OC)cc2)C3)ccc1OCc1ccc(Cl)cc1. The first-order valence-electron chi connectivity index (χ1n) is 14.2. The maximum Gasteiger partial charge on any atom is 0.163 e. The van der Waals surface area contributed by atoms with Gasteiger partial charge in [0.2, 0.25) is 0 Å². The predicted octanol–water partition coefficient (Wildman–Crippen LogP) is 8.31. The van der Waals surface area contributed by atoms with Crippen LogP contribution >= 0.6 is 11.6 Å². The second-order valence-corrected chi connectivity index (χ2v) is 10.9. The summed E-state index contributed by atoms with van der Waals surface area (Å²) in [7, 11) is 1.66. The second kappa shape index (κ2) is 12.2. The average molecular weight is 581 g/mol. The van der Waals surface area contributed by atoms with Crippen LogP contribution in [-0.2, 0) is 11.4 Å². The van der Waals surface area contributed by atoms with E-state index in [1.165, 1.54) is 0 Å². The lowest BCUT2D eigenvalue weighted by Crippen LogP contribution is -2.27. The fourth-order valence-corrected chi connectivity index (χ4v) is 5.81. The monoisotopic (exact) mass is 580 g/mol. The number of hydrogen-bond acceptors (Lipinski definition) is 6. The second-order valence-electron chi connectivity index (χ2n) is 10.5. The van der Waals surface area contributed by atoms with Crippen LogP contribution < -0.4 is 24.8 Å². The van der Waals surface area contributed by atoms with Crippen molar-refractivity contribution in [3.05, 3.63) is 124 Å². The summed E-state index contributed by atoms with van der Waals surface area (Å²) in [5.41, 5.74) is 6.65. The van der Waals surface area contributed by atoms with Crippen molar-refractivity contribution in [2.24, 2.45) is 0 Å². The van der Waals surface area contributed by atoms with Gasteiger partial charge >= 0.3 is 0 Å². The summed E-state index contributed by atoms with van der Waals surface area (Å²) in [5.74, 6) is 2.28. The van der Waals surface area contributed by atoms with Crippen LogP contribution in [0, 0.1) is 0 Å². The molecule has 42 heavy (non-hydrogen) atoms. The van der Waals surface area contributed by atoms with Crippen LogP contribution in [0.2, 0.25) is 5.02 Å². The Balaban J connectivity index is 1.35. The summed E-state index contributed by atoms with van der Waals surface area (Å²) in [6.45, 7) is 2.82. The highest BCUT2D eigenvalue weighted by Crippen LogP contribution is 2.45. The minimum Gasteiger partial charge on any atom is -0.497 e. The number of allylic oxidation sites excluding steroid dienone is 1. The van der Waals surface area contributed by atoms with Crippen LogP contribution in [0.5, 0.6) is 17.2 Å². The maximum absolute atomic E-state index is 14.0. The van der Waals surface area contributed by atoms with E-state index < -0.39 is 0 Å². The number of methoxy groups -OCH3 is 1. The summed E-state index contributed by atoms with van der Waals surface area (Å²) in [4.78, 5) is 14.0. The van der Waals surface area contributed by atoms with Crippen LogP contribution in [-0.4, -0.2) is 19.5 Å². The molecule has 6 rings (SSSR count). The Bertz CT molecular complexity index is 1620. The molecule has 4 aromatic carbocycles. The van der Waals surface area contributed by atoms with E-state index in [0.29, 0.717) is 36.2 Å². The largest absolute Gasteiger partial charge is 0.497 e. The van der Waals surface area contributed by atoms with Gasteiger partial charge < -0.3 is 24.8 Å². The van der Waals surface area contributed by atoms with Crippen molar-refractivity contribution in [3.8, 4) is 17.2 Å². The van der Waals surface area contributed by atoms with Gasteiger partial charge in [0.15, 0.2) is 17.3 Å². The lowest BCUT2D eigenvalue weighted by Gasteiger charge is -2.30. The number of benzene rings is 4. The van der Waals surface area contributed by atoms with Crippen molar-refractivity contribution in [3.63, 3.8) is 0 Å². The molecule has 1 heterocycles. The average Bonchev–Trinajstić information content (AvgIpc) is 3.18. The van der Waals surface area contributed by atoms with Crippen molar-refractivity contribution in [2.75, 3.05) is 24.4 Å². The lowest BCUT2D eigenvalue weighted by atomic mass is 9.78. The van der Waals surface area contributed by atoms with E-state index in [1.54, 1.807) is 7.11 Å². The minimum atomic E-state index is -0.356. The minimum absolute atomic E-state index is 0.0724. The Morgan fingerprint density at radius 1 is 0.833 bits per heavy atom. The number of halogens is 1. The normalized spacial score (nSPS) is 17.7. The Morgan fingerprint density at radius 3 is 2.31 bits per heavy atom. The van der Waals surface area contributed by atoms with Crippen molar-refractivity contribution >= 4 is 28.8 Å². The molecule has 0 saturated carbocycles. The molecule has 1 aliphatic heterocycles. The highest BCUT2D eigenvalue weighted by atomic mass is 35.5. The number of carbonyl (C=O) groups excluding carboxylic acids is 1. The molecular formula is C35H33ClN2O4. The third-order valence-electron chi connectivity index (χ3n) is 7.80. The number of para-hydroxylation sites is 2. The molecule has 0 spiro atoms. The van der Waals surface area contributed by atoms with Gasteiger partial charge in [-0.05, 0) is 84.5 Å². The Kier molecular flexibility index (Phi) is 8.06. The zero-order valence-corrected chi connectivity index (χ0v) is 24.4. The zero-order chi connectivity index (χ0) is 29.1. The molecule has 6 nitrogen and oxygen atoms in total. The summed E-state index contributed by atoms with van der Waals surface area (Å²) >= 11 is 6.04. The van der Waals surface area contributed by atoms with E-state index in [9.17, 15) is 4.79 Å². The van der Waals surface area contributed by atoms with Gasteiger partial charge in [-0.2, -0.15) is 0 Å². The van der Waals surface area contributed by atoms with E-state index in [1.807, 2.05) is 85.8 Å².